The minimum Gasteiger partial charge on any atom is -0.324 e. The lowest BCUT2D eigenvalue weighted by Gasteiger charge is -2.18. The highest BCUT2D eigenvalue weighted by atomic mass is 32.2. The first-order valence-electron chi connectivity index (χ1n) is 7.89. The van der Waals surface area contributed by atoms with Gasteiger partial charge >= 0.3 is 0 Å². The van der Waals surface area contributed by atoms with Gasteiger partial charge in [0.05, 0.1) is 16.5 Å². The third kappa shape index (κ3) is 3.80. The predicted octanol–water partition coefficient (Wildman–Crippen LogP) is 4.91. The quantitative estimate of drug-likeness (QED) is 0.806. The Labute approximate surface area is 148 Å². The van der Waals surface area contributed by atoms with Crippen molar-refractivity contribution in [2.24, 2.45) is 0 Å². The lowest BCUT2D eigenvalue weighted by Crippen LogP contribution is -2.23. The highest BCUT2D eigenvalue weighted by Gasteiger charge is 2.19. The van der Waals surface area contributed by atoms with E-state index in [0.717, 1.165) is 0 Å². The van der Waals surface area contributed by atoms with E-state index in [-0.39, 0.29) is 11.2 Å². The van der Waals surface area contributed by atoms with Crippen molar-refractivity contribution in [1.29, 1.82) is 5.26 Å². The van der Waals surface area contributed by atoms with Crippen LogP contribution in [0.15, 0.2) is 35.2 Å². The van der Waals surface area contributed by atoms with Gasteiger partial charge in [0.2, 0.25) is 5.91 Å². The molecule has 0 heterocycles. The van der Waals surface area contributed by atoms with Crippen molar-refractivity contribution < 1.29 is 4.79 Å². The molecule has 3 nitrogen and oxygen atoms in total. The summed E-state index contributed by atoms with van der Waals surface area (Å²) in [5, 5.41) is 11.7. The first kappa shape index (κ1) is 18.1. The number of hydrogen-bond acceptors (Lipinski definition) is 3. The van der Waals surface area contributed by atoms with E-state index in [1.54, 1.807) is 30.0 Å². The van der Waals surface area contributed by atoms with Crippen LogP contribution in [0.1, 0.15) is 34.7 Å². The number of hydrogen-bond donors (Lipinski definition) is 1. The van der Waals surface area contributed by atoms with Gasteiger partial charge in [0.15, 0.2) is 0 Å². The fraction of sp³-hybridized carbons (Fsp3) is 0.300. The van der Waals surface area contributed by atoms with Gasteiger partial charge in [-0.3, -0.25) is 4.79 Å². The molecule has 1 amide bonds. The molecular weight excluding hydrogens is 316 g/mol. The van der Waals surface area contributed by atoms with Crippen LogP contribution in [0.3, 0.4) is 0 Å². The minimum atomic E-state index is -0.254. The average molecular weight is 338 g/mol. The van der Waals surface area contributed by atoms with E-state index in [0.29, 0.717) is 11.3 Å². The largest absolute Gasteiger partial charge is 0.324 e. The number of aryl methyl sites for hydroxylation is 2. The smallest absolute Gasteiger partial charge is 0.237 e. The molecule has 2 aromatic rings. The summed E-state index contributed by atoms with van der Waals surface area (Å²) in [7, 11) is 0. The summed E-state index contributed by atoms with van der Waals surface area (Å²) in [6.45, 7) is 10.3. The van der Waals surface area contributed by atoms with Crippen LogP contribution < -0.4 is 5.32 Å². The number of nitriles is 1. The minimum absolute atomic E-state index is 0.0966. The average Bonchev–Trinajstić information content (AvgIpc) is 2.57. The van der Waals surface area contributed by atoms with E-state index < -0.39 is 0 Å². The Bertz CT molecular complexity index is 795. The number of nitrogens with one attached hydrogen (secondary N) is 1. The van der Waals surface area contributed by atoms with E-state index in [2.05, 4.69) is 45.1 Å². The van der Waals surface area contributed by atoms with E-state index in [9.17, 15) is 4.79 Å². The fourth-order valence-corrected chi connectivity index (χ4v) is 3.71. The molecule has 2 rings (SSSR count). The van der Waals surface area contributed by atoms with Gasteiger partial charge in [0.25, 0.3) is 0 Å². The van der Waals surface area contributed by atoms with Gasteiger partial charge in [-0.25, -0.2) is 0 Å². The van der Waals surface area contributed by atoms with Gasteiger partial charge in [-0.1, -0.05) is 18.2 Å². The Morgan fingerprint density at radius 1 is 1.12 bits per heavy atom. The maximum Gasteiger partial charge on any atom is 0.237 e. The number of nitrogens with zero attached hydrogens (tertiary/aromatic N) is 1. The molecule has 124 valence electrons. The highest BCUT2D eigenvalue weighted by molar-refractivity contribution is 8.00. The van der Waals surface area contributed by atoms with Crippen LogP contribution in [0.25, 0.3) is 0 Å². The number of rotatable bonds is 4. The van der Waals surface area contributed by atoms with Crippen molar-refractivity contribution >= 4 is 23.4 Å². The second kappa shape index (κ2) is 7.55. The van der Waals surface area contributed by atoms with Crippen LogP contribution >= 0.6 is 11.8 Å². The molecule has 1 atom stereocenters. The van der Waals surface area contributed by atoms with Gasteiger partial charge in [0.1, 0.15) is 6.07 Å². The monoisotopic (exact) mass is 338 g/mol. The van der Waals surface area contributed by atoms with Crippen LogP contribution in [0, 0.1) is 39.0 Å². The number of carbonyl (C=O) groups is 1. The van der Waals surface area contributed by atoms with Crippen molar-refractivity contribution in [3.63, 3.8) is 0 Å². The molecule has 0 aliphatic carbocycles. The molecule has 24 heavy (non-hydrogen) atoms. The zero-order valence-corrected chi connectivity index (χ0v) is 15.5. The van der Waals surface area contributed by atoms with E-state index in [1.165, 1.54) is 27.1 Å². The highest BCUT2D eigenvalue weighted by Crippen LogP contribution is 2.34. The number of amides is 1. The maximum absolute atomic E-state index is 12.5. The van der Waals surface area contributed by atoms with Crippen molar-refractivity contribution in [3.8, 4) is 6.07 Å². The predicted molar refractivity (Wildman–Crippen MR) is 100 cm³/mol. The van der Waals surface area contributed by atoms with Gasteiger partial charge in [-0.15, -0.1) is 11.8 Å². The number of benzene rings is 2. The second-order valence-corrected chi connectivity index (χ2v) is 7.35. The normalized spacial score (nSPS) is 11.7. The summed E-state index contributed by atoms with van der Waals surface area (Å²) in [6.07, 6.45) is 0. The molecule has 0 saturated carbocycles. The topological polar surface area (TPSA) is 52.9 Å². The van der Waals surface area contributed by atoms with Crippen molar-refractivity contribution in [2.75, 3.05) is 5.32 Å². The lowest BCUT2D eigenvalue weighted by molar-refractivity contribution is -0.115. The molecule has 0 bridgehead atoms. The molecule has 0 saturated heterocycles. The molecule has 1 N–H and O–H groups in total. The number of carbonyl (C=O) groups excluding carboxylic acids is 1. The second-order valence-electron chi connectivity index (χ2n) is 6.00. The number of anilines is 1. The standard InChI is InChI=1S/C20H22N2OS/c1-12-10-13(2)15(4)19(14(12)3)24-16(5)20(23)22-18-9-7-6-8-17(18)11-21/h6-10,16H,1-5H3,(H,22,23). The Kier molecular flexibility index (Phi) is 5.69. The van der Waals surface area contributed by atoms with Crippen LogP contribution in [0.5, 0.6) is 0 Å². The molecular formula is C20H22N2OS. The first-order chi connectivity index (χ1) is 11.3. The van der Waals surface area contributed by atoms with Gasteiger partial charge in [-0.05, 0) is 69.0 Å². The Hall–Kier alpha value is -2.25. The third-order valence-electron chi connectivity index (χ3n) is 4.27. The summed E-state index contributed by atoms with van der Waals surface area (Å²) in [5.41, 5.74) is 5.96. The van der Waals surface area contributed by atoms with Crippen molar-refractivity contribution in [3.05, 3.63) is 58.1 Å². The molecule has 1 unspecified atom stereocenters. The molecule has 0 fully saturated rings. The van der Waals surface area contributed by atoms with Crippen LogP contribution in [0.2, 0.25) is 0 Å². The van der Waals surface area contributed by atoms with Crippen LogP contribution in [-0.4, -0.2) is 11.2 Å². The Morgan fingerprint density at radius 2 is 1.71 bits per heavy atom. The van der Waals surface area contributed by atoms with Gasteiger partial charge in [0, 0.05) is 4.90 Å². The summed E-state index contributed by atoms with van der Waals surface area (Å²) in [4.78, 5) is 13.7. The summed E-state index contributed by atoms with van der Waals surface area (Å²) in [5.74, 6) is -0.0966. The Morgan fingerprint density at radius 3 is 2.29 bits per heavy atom. The summed E-state index contributed by atoms with van der Waals surface area (Å²) >= 11 is 1.57. The fourth-order valence-electron chi connectivity index (χ4n) is 2.51. The molecule has 0 aliphatic rings. The SMILES string of the molecule is Cc1cc(C)c(C)c(SC(C)C(=O)Nc2ccccc2C#N)c1C. The van der Waals surface area contributed by atoms with Crippen molar-refractivity contribution in [1.82, 2.24) is 0 Å². The molecule has 0 radical (unpaired) electrons. The van der Waals surface area contributed by atoms with E-state index in [4.69, 9.17) is 5.26 Å². The van der Waals surface area contributed by atoms with Crippen LogP contribution in [-0.2, 0) is 4.79 Å². The summed E-state index contributed by atoms with van der Waals surface area (Å²) < 4.78 is 0. The molecule has 0 aromatic heterocycles. The third-order valence-corrected chi connectivity index (χ3v) is 5.68. The molecule has 0 spiro atoms. The first-order valence-corrected chi connectivity index (χ1v) is 8.77. The maximum atomic E-state index is 12.5. The molecule has 2 aromatic carbocycles. The zero-order chi connectivity index (χ0) is 17.9. The molecule has 4 heteroatoms. The molecule has 0 aliphatic heterocycles. The zero-order valence-electron chi connectivity index (χ0n) is 14.7. The van der Waals surface area contributed by atoms with E-state index >= 15 is 0 Å². The summed E-state index contributed by atoms with van der Waals surface area (Å²) in [6, 6.07) is 11.3. The van der Waals surface area contributed by atoms with Crippen molar-refractivity contribution in [2.45, 2.75) is 44.8 Å². The van der Waals surface area contributed by atoms with E-state index in [1.807, 2.05) is 13.0 Å². The van der Waals surface area contributed by atoms with Crippen LogP contribution in [0.4, 0.5) is 5.69 Å². The number of para-hydroxylation sites is 1. The van der Waals surface area contributed by atoms with Gasteiger partial charge < -0.3 is 5.32 Å². The number of thioether (sulfide) groups is 1. The Balaban J connectivity index is 2.20. The lowest BCUT2D eigenvalue weighted by atomic mass is 10.0. The van der Waals surface area contributed by atoms with Gasteiger partial charge in [-0.2, -0.15) is 5.26 Å².